The van der Waals surface area contributed by atoms with Crippen LogP contribution in [-0.2, 0) is 6.54 Å². The van der Waals surface area contributed by atoms with Crippen LogP contribution in [0, 0.1) is 0 Å². The fourth-order valence-electron chi connectivity index (χ4n) is 1.31. The summed E-state index contributed by atoms with van der Waals surface area (Å²) in [4.78, 5) is 4.18. The van der Waals surface area contributed by atoms with Gasteiger partial charge in [0, 0.05) is 6.54 Å². The van der Waals surface area contributed by atoms with E-state index in [0.717, 1.165) is 11.0 Å². The molecule has 0 aliphatic carbocycles. The van der Waals surface area contributed by atoms with Gasteiger partial charge < -0.3 is 4.57 Å². The summed E-state index contributed by atoms with van der Waals surface area (Å²) < 4.78 is 13.7. The minimum Gasteiger partial charge on any atom is -0.327 e. The van der Waals surface area contributed by atoms with Gasteiger partial charge in [-0.15, -0.1) is 0 Å². The van der Waals surface area contributed by atoms with Crippen molar-refractivity contribution in [1.82, 2.24) is 9.55 Å². The Labute approximate surface area is 75.3 Å². The second-order valence-corrected chi connectivity index (χ2v) is 2.75. The zero-order chi connectivity index (χ0) is 9.10. The Bertz CT molecular complexity index is 431. The van der Waals surface area contributed by atoms with Crippen molar-refractivity contribution in [3.8, 4) is 0 Å². The van der Waals surface area contributed by atoms with Gasteiger partial charge in [-0.05, 0) is 18.2 Å². The first kappa shape index (κ1) is 7.98. The molecule has 0 aliphatic heterocycles. The zero-order valence-corrected chi connectivity index (χ0v) is 7.02. The molecular weight excluding hydrogens is 167 g/mol. The normalized spacial score (nSPS) is 11.5. The Morgan fingerprint density at radius 2 is 2.23 bits per heavy atom. The van der Waals surface area contributed by atoms with Crippen LogP contribution in [0.5, 0.6) is 0 Å². The molecular formula is C10H9FN2. The fourth-order valence-corrected chi connectivity index (χ4v) is 1.31. The first-order valence-electron chi connectivity index (χ1n) is 4.07. The highest BCUT2D eigenvalue weighted by molar-refractivity contribution is 5.74. The molecule has 0 unspecified atom stereocenters. The van der Waals surface area contributed by atoms with E-state index in [-0.39, 0.29) is 0 Å². The highest BCUT2D eigenvalue weighted by atomic mass is 19.1. The SMILES string of the molecule is FC=CCn1cnc2ccccc21. The van der Waals surface area contributed by atoms with E-state index in [9.17, 15) is 4.39 Å². The molecule has 0 saturated heterocycles. The van der Waals surface area contributed by atoms with Crippen LogP contribution in [0.1, 0.15) is 0 Å². The van der Waals surface area contributed by atoms with Gasteiger partial charge in [0.15, 0.2) is 0 Å². The lowest BCUT2D eigenvalue weighted by Crippen LogP contribution is -1.91. The summed E-state index contributed by atoms with van der Waals surface area (Å²) in [7, 11) is 0. The molecule has 3 heteroatoms. The van der Waals surface area contributed by atoms with E-state index in [0.29, 0.717) is 12.9 Å². The summed E-state index contributed by atoms with van der Waals surface area (Å²) in [5.41, 5.74) is 1.97. The van der Waals surface area contributed by atoms with Crippen LogP contribution in [0.15, 0.2) is 43.0 Å². The summed E-state index contributed by atoms with van der Waals surface area (Å²) in [6, 6.07) is 7.78. The van der Waals surface area contributed by atoms with Gasteiger partial charge >= 0.3 is 0 Å². The summed E-state index contributed by atoms with van der Waals surface area (Å²) in [5, 5.41) is 0. The van der Waals surface area contributed by atoms with Crippen LogP contribution >= 0.6 is 0 Å². The minimum atomic E-state index is 0.525. The molecule has 0 atom stereocenters. The van der Waals surface area contributed by atoms with Gasteiger partial charge in [-0.1, -0.05) is 12.1 Å². The van der Waals surface area contributed by atoms with E-state index < -0.39 is 0 Å². The number of fused-ring (bicyclic) bond motifs is 1. The molecule has 0 aliphatic rings. The lowest BCUT2D eigenvalue weighted by molar-refractivity contribution is 0.705. The third-order valence-corrected chi connectivity index (χ3v) is 1.92. The maximum absolute atomic E-state index is 11.8. The van der Waals surface area contributed by atoms with Crippen molar-refractivity contribution in [3.63, 3.8) is 0 Å². The minimum absolute atomic E-state index is 0.525. The molecule has 0 radical (unpaired) electrons. The number of hydrogen-bond donors (Lipinski definition) is 0. The molecule has 2 nitrogen and oxygen atoms in total. The predicted molar refractivity (Wildman–Crippen MR) is 50.0 cm³/mol. The van der Waals surface area contributed by atoms with Gasteiger partial charge in [-0.25, -0.2) is 9.37 Å². The van der Waals surface area contributed by atoms with Crippen molar-refractivity contribution >= 4 is 11.0 Å². The van der Waals surface area contributed by atoms with Crippen molar-refractivity contribution in [1.29, 1.82) is 0 Å². The smallest absolute Gasteiger partial charge is 0.0961 e. The second-order valence-electron chi connectivity index (χ2n) is 2.75. The van der Waals surface area contributed by atoms with Crippen molar-refractivity contribution in [2.75, 3.05) is 0 Å². The number of aromatic nitrogens is 2. The Balaban J connectivity index is 2.45. The average molecular weight is 176 g/mol. The summed E-state index contributed by atoms with van der Waals surface area (Å²) in [5.74, 6) is 0. The molecule has 1 aromatic heterocycles. The standard InChI is InChI=1S/C10H9FN2/c11-6-3-7-13-8-12-9-4-1-2-5-10(9)13/h1-6,8H,7H2. The molecule has 13 heavy (non-hydrogen) atoms. The first-order chi connectivity index (χ1) is 6.42. The van der Waals surface area contributed by atoms with Gasteiger partial charge in [0.25, 0.3) is 0 Å². The number of nitrogens with zero attached hydrogens (tertiary/aromatic N) is 2. The molecule has 1 heterocycles. The van der Waals surface area contributed by atoms with Gasteiger partial charge in [0.1, 0.15) is 0 Å². The van der Waals surface area contributed by atoms with Gasteiger partial charge in [-0.2, -0.15) is 0 Å². The Morgan fingerprint density at radius 3 is 3.08 bits per heavy atom. The number of halogens is 1. The van der Waals surface area contributed by atoms with Crippen LogP contribution < -0.4 is 0 Å². The largest absolute Gasteiger partial charge is 0.327 e. The maximum Gasteiger partial charge on any atom is 0.0961 e. The summed E-state index contributed by atoms with van der Waals surface area (Å²) in [6.45, 7) is 0.525. The summed E-state index contributed by atoms with van der Waals surface area (Å²) >= 11 is 0. The van der Waals surface area contributed by atoms with Crippen LogP contribution in [-0.4, -0.2) is 9.55 Å². The molecule has 66 valence electrons. The zero-order valence-electron chi connectivity index (χ0n) is 7.02. The Hall–Kier alpha value is -1.64. The van der Waals surface area contributed by atoms with E-state index >= 15 is 0 Å². The third kappa shape index (κ3) is 1.45. The molecule has 1 aromatic carbocycles. The highest BCUT2D eigenvalue weighted by Crippen LogP contribution is 2.11. The predicted octanol–water partition coefficient (Wildman–Crippen LogP) is 2.52. The van der Waals surface area contributed by atoms with E-state index in [2.05, 4.69) is 4.98 Å². The number of benzene rings is 1. The van der Waals surface area contributed by atoms with Crippen molar-refractivity contribution in [2.24, 2.45) is 0 Å². The van der Waals surface area contributed by atoms with Crippen molar-refractivity contribution in [3.05, 3.63) is 43.0 Å². The van der Waals surface area contributed by atoms with Crippen LogP contribution in [0.4, 0.5) is 4.39 Å². The number of imidazole rings is 1. The van der Waals surface area contributed by atoms with Crippen LogP contribution in [0.25, 0.3) is 11.0 Å². The van der Waals surface area contributed by atoms with Crippen molar-refractivity contribution < 1.29 is 4.39 Å². The van der Waals surface area contributed by atoms with Crippen LogP contribution in [0.2, 0.25) is 0 Å². The Morgan fingerprint density at radius 1 is 1.38 bits per heavy atom. The molecule has 0 amide bonds. The Kier molecular flexibility index (Phi) is 2.08. The monoisotopic (exact) mass is 176 g/mol. The summed E-state index contributed by atoms with van der Waals surface area (Å²) in [6.07, 6.45) is 3.72. The molecule has 2 aromatic rings. The lowest BCUT2D eigenvalue weighted by atomic mass is 10.3. The fraction of sp³-hybridized carbons (Fsp3) is 0.100. The lowest BCUT2D eigenvalue weighted by Gasteiger charge is -1.97. The number of rotatable bonds is 2. The van der Waals surface area contributed by atoms with E-state index in [1.54, 1.807) is 6.33 Å². The van der Waals surface area contributed by atoms with Crippen molar-refractivity contribution in [2.45, 2.75) is 6.54 Å². The van der Waals surface area contributed by atoms with Crippen LogP contribution in [0.3, 0.4) is 0 Å². The topological polar surface area (TPSA) is 17.8 Å². The van der Waals surface area contributed by atoms with Gasteiger partial charge in [-0.3, -0.25) is 0 Å². The molecule has 0 fully saturated rings. The maximum atomic E-state index is 11.8. The first-order valence-corrected chi connectivity index (χ1v) is 4.07. The molecule has 0 N–H and O–H groups in total. The molecule has 0 saturated carbocycles. The van der Waals surface area contributed by atoms with E-state index in [1.165, 1.54) is 6.08 Å². The quantitative estimate of drug-likeness (QED) is 0.687. The van der Waals surface area contributed by atoms with E-state index in [4.69, 9.17) is 0 Å². The van der Waals surface area contributed by atoms with Gasteiger partial charge in [0.2, 0.25) is 0 Å². The van der Waals surface area contributed by atoms with Gasteiger partial charge in [0.05, 0.1) is 23.7 Å². The number of allylic oxidation sites excluding steroid dienone is 1. The highest BCUT2D eigenvalue weighted by Gasteiger charge is 1.97. The molecule has 0 spiro atoms. The third-order valence-electron chi connectivity index (χ3n) is 1.92. The van der Waals surface area contributed by atoms with E-state index in [1.807, 2.05) is 28.8 Å². The average Bonchev–Trinajstić information content (AvgIpc) is 2.58. The number of hydrogen-bond acceptors (Lipinski definition) is 1. The molecule has 0 bridgehead atoms. The molecule has 2 rings (SSSR count). The number of para-hydroxylation sites is 2. The second kappa shape index (κ2) is 3.39.